The molecule has 5 N–H and O–H groups in total. The Hall–Kier alpha value is -4.94. The molecule has 11 nitrogen and oxygen atoms in total. The number of carbonyl (C=O) groups is 2. The van der Waals surface area contributed by atoms with Crippen molar-refractivity contribution in [2.24, 2.45) is 0 Å². The van der Waals surface area contributed by atoms with E-state index in [1.165, 1.54) is 25.3 Å². The van der Waals surface area contributed by atoms with E-state index in [9.17, 15) is 18.4 Å². The summed E-state index contributed by atoms with van der Waals surface area (Å²) in [6, 6.07) is 10.1. The smallest absolute Gasteiger partial charge is 0.325 e. The standard InChI is InChI=1S/C22H18F2N8O3.CH4/c1-11(21(33)34)27-22(35)28-14-5-2-4-12(8-14)13-9-15(19(25)26-10-13)20-29-30-31-32(20)17-7-3-6-16(23)18(17)24;/h2-11H,1H3,(H2,25,26)(H,33,34)(H2,27,28,35);1H4. The highest BCUT2D eigenvalue weighted by Crippen LogP contribution is 2.31. The second-order valence-electron chi connectivity index (χ2n) is 7.38. The molecule has 186 valence electrons. The second-order valence-corrected chi connectivity index (χ2v) is 7.38. The van der Waals surface area contributed by atoms with Gasteiger partial charge in [-0.15, -0.1) is 5.10 Å². The maximum Gasteiger partial charge on any atom is 0.325 e. The van der Waals surface area contributed by atoms with Crippen LogP contribution in [0.4, 0.5) is 25.1 Å². The van der Waals surface area contributed by atoms with E-state index in [0.717, 1.165) is 10.7 Å². The number of nitrogens with zero attached hydrogens (tertiary/aromatic N) is 5. The summed E-state index contributed by atoms with van der Waals surface area (Å²) in [5, 5.41) is 25.0. The molecule has 0 aliphatic carbocycles. The molecule has 0 aliphatic rings. The molecule has 0 saturated carbocycles. The average molecular weight is 496 g/mol. The molecule has 0 spiro atoms. The first-order chi connectivity index (χ1) is 16.7. The number of aromatic nitrogens is 5. The minimum Gasteiger partial charge on any atom is -0.480 e. The zero-order valence-electron chi connectivity index (χ0n) is 18.1. The van der Waals surface area contributed by atoms with Crippen LogP contribution in [0.15, 0.2) is 54.7 Å². The van der Waals surface area contributed by atoms with E-state index in [1.54, 1.807) is 30.3 Å². The van der Waals surface area contributed by atoms with Gasteiger partial charge in [-0.05, 0) is 53.2 Å². The fraction of sp³-hybridized carbons (Fsp3) is 0.130. The van der Waals surface area contributed by atoms with Crippen molar-refractivity contribution in [1.29, 1.82) is 0 Å². The lowest BCUT2D eigenvalue weighted by atomic mass is 10.0. The van der Waals surface area contributed by atoms with Crippen molar-refractivity contribution in [3.8, 4) is 28.2 Å². The number of carbonyl (C=O) groups excluding carboxylic acids is 1. The number of carboxylic acid groups (broad SMARTS) is 1. The molecule has 0 fully saturated rings. The van der Waals surface area contributed by atoms with Gasteiger partial charge in [0, 0.05) is 17.4 Å². The van der Waals surface area contributed by atoms with E-state index in [-0.39, 0.29) is 30.3 Å². The molecule has 0 bridgehead atoms. The Bertz CT molecular complexity index is 1430. The van der Waals surface area contributed by atoms with Gasteiger partial charge in [0.15, 0.2) is 17.5 Å². The second kappa shape index (κ2) is 10.5. The van der Waals surface area contributed by atoms with Crippen molar-refractivity contribution in [2.75, 3.05) is 11.1 Å². The maximum atomic E-state index is 14.4. The number of nitrogen functional groups attached to an aromatic ring is 1. The highest BCUT2D eigenvalue weighted by Gasteiger charge is 2.20. The van der Waals surface area contributed by atoms with Crippen LogP contribution in [-0.2, 0) is 4.79 Å². The van der Waals surface area contributed by atoms with Crippen LogP contribution in [-0.4, -0.2) is 48.3 Å². The number of aliphatic carboxylic acids is 1. The fourth-order valence-corrected chi connectivity index (χ4v) is 3.19. The van der Waals surface area contributed by atoms with Crippen LogP contribution >= 0.6 is 0 Å². The molecule has 2 aromatic carbocycles. The summed E-state index contributed by atoms with van der Waals surface area (Å²) in [5.74, 6) is -3.27. The molecule has 36 heavy (non-hydrogen) atoms. The number of anilines is 2. The number of hydrogen-bond acceptors (Lipinski definition) is 7. The van der Waals surface area contributed by atoms with Crippen LogP contribution in [0, 0.1) is 11.6 Å². The van der Waals surface area contributed by atoms with Crippen LogP contribution in [0.2, 0.25) is 0 Å². The number of rotatable bonds is 6. The van der Waals surface area contributed by atoms with E-state index >= 15 is 0 Å². The quantitative estimate of drug-likeness (QED) is 0.315. The number of amides is 2. The van der Waals surface area contributed by atoms with Gasteiger partial charge in [-0.3, -0.25) is 4.79 Å². The SMILES string of the molecule is C.CC(NC(=O)Nc1cccc(-c2cnc(N)c(-c3nnnn3-c3cccc(F)c3F)c2)c1)C(=O)O. The van der Waals surface area contributed by atoms with Crippen LogP contribution in [0.5, 0.6) is 0 Å². The first-order valence-electron chi connectivity index (χ1n) is 10.1. The van der Waals surface area contributed by atoms with Crippen molar-refractivity contribution >= 4 is 23.5 Å². The normalized spacial score (nSPS) is 11.3. The van der Waals surface area contributed by atoms with Crippen molar-refractivity contribution in [1.82, 2.24) is 30.5 Å². The zero-order chi connectivity index (χ0) is 25.1. The number of hydrogen-bond donors (Lipinski definition) is 4. The lowest BCUT2D eigenvalue weighted by Crippen LogP contribution is -2.40. The predicted molar refractivity (Wildman–Crippen MR) is 128 cm³/mol. The molecule has 0 saturated heterocycles. The van der Waals surface area contributed by atoms with Gasteiger partial charge >= 0.3 is 12.0 Å². The number of pyridine rings is 1. The monoisotopic (exact) mass is 496 g/mol. The molecular weight excluding hydrogens is 474 g/mol. The van der Waals surface area contributed by atoms with Crippen LogP contribution in [0.3, 0.4) is 0 Å². The largest absolute Gasteiger partial charge is 0.480 e. The Morgan fingerprint density at radius 1 is 1.11 bits per heavy atom. The van der Waals surface area contributed by atoms with E-state index < -0.39 is 29.7 Å². The maximum absolute atomic E-state index is 14.4. The van der Waals surface area contributed by atoms with Crippen LogP contribution in [0.25, 0.3) is 28.2 Å². The van der Waals surface area contributed by atoms with Gasteiger partial charge in [-0.2, -0.15) is 4.68 Å². The summed E-state index contributed by atoms with van der Waals surface area (Å²) in [6.45, 7) is 1.34. The molecular formula is C23H22F2N8O3. The number of halogens is 2. The Balaban J connectivity index is 0.00000361. The highest BCUT2D eigenvalue weighted by molar-refractivity contribution is 5.92. The highest BCUT2D eigenvalue weighted by atomic mass is 19.2. The summed E-state index contributed by atoms with van der Waals surface area (Å²) in [5.41, 5.74) is 7.68. The molecule has 2 aromatic heterocycles. The molecule has 13 heteroatoms. The summed E-state index contributed by atoms with van der Waals surface area (Å²) in [7, 11) is 0. The summed E-state index contributed by atoms with van der Waals surface area (Å²) in [6.07, 6.45) is 1.49. The van der Waals surface area contributed by atoms with E-state index in [0.29, 0.717) is 16.8 Å². The topological polar surface area (TPSA) is 161 Å². The number of urea groups is 1. The van der Waals surface area contributed by atoms with Gasteiger partial charge in [-0.1, -0.05) is 25.6 Å². The molecule has 0 radical (unpaired) electrons. The first kappa shape index (κ1) is 25.7. The Labute approximate surface area is 204 Å². The molecule has 4 rings (SSSR count). The Morgan fingerprint density at radius 3 is 2.61 bits per heavy atom. The summed E-state index contributed by atoms with van der Waals surface area (Å²) < 4.78 is 29.1. The minimum atomic E-state index is -1.17. The van der Waals surface area contributed by atoms with Gasteiger partial charge in [-0.25, -0.2) is 18.6 Å². The van der Waals surface area contributed by atoms with Gasteiger partial charge in [0.1, 0.15) is 17.5 Å². The van der Waals surface area contributed by atoms with Crippen molar-refractivity contribution in [2.45, 2.75) is 20.4 Å². The lowest BCUT2D eigenvalue weighted by Gasteiger charge is -2.12. The third-order valence-electron chi connectivity index (χ3n) is 4.96. The molecule has 1 unspecified atom stereocenters. The fourth-order valence-electron chi connectivity index (χ4n) is 3.19. The van der Waals surface area contributed by atoms with E-state index in [4.69, 9.17) is 10.8 Å². The summed E-state index contributed by atoms with van der Waals surface area (Å²) >= 11 is 0. The average Bonchev–Trinajstić information content (AvgIpc) is 3.30. The Morgan fingerprint density at radius 2 is 1.86 bits per heavy atom. The van der Waals surface area contributed by atoms with E-state index in [2.05, 4.69) is 31.1 Å². The first-order valence-corrected chi connectivity index (χ1v) is 10.1. The lowest BCUT2D eigenvalue weighted by molar-refractivity contribution is -0.138. The molecule has 2 amide bonds. The van der Waals surface area contributed by atoms with Gasteiger partial charge in [0.2, 0.25) is 0 Å². The number of benzene rings is 2. The molecule has 4 aromatic rings. The van der Waals surface area contributed by atoms with E-state index in [1.807, 2.05) is 0 Å². The number of nitrogens with one attached hydrogen (secondary N) is 2. The summed E-state index contributed by atoms with van der Waals surface area (Å²) in [4.78, 5) is 27.1. The number of nitrogens with two attached hydrogens (primary N) is 1. The van der Waals surface area contributed by atoms with Gasteiger partial charge in [0.05, 0.1) is 5.56 Å². The molecule has 2 heterocycles. The molecule has 1 atom stereocenters. The van der Waals surface area contributed by atoms with Crippen molar-refractivity contribution < 1.29 is 23.5 Å². The Kier molecular flexibility index (Phi) is 7.52. The number of tetrazole rings is 1. The molecule has 0 aliphatic heterocycles. The van der Waals surface area contributed by atoms with Crippen LogP contribution in [0.1, 0.15) is 14.4 Å². The zero-order valence-corrected chi connectivity index (χ0v) is 18.1. The van der Waals surface area contributed by atoms with Crippen molar-refractivity contribution in [3.63, 3.8) is 0 Å². The third kappa shape index (κ3) is 5.24. The van der Waals surface area contributed by atoms with Gasteiger partial charge in [0.25, 0.3) is 0 Å². The van der Waals surface area contributed by atoms with Crippen LogP contribution < -0.4 is 16.4 Å². The third-order valence-corrected chi connectivity index (χ3v) is 4.96. The van der Waals surface area contributed by atoms with Gasteiger partial charge < -0.3 is 21.5 Å². The number of carboxylic acids is 1. The predicted octanol–water partition coefficient (Wildman–Crippen LogP) is 3.48. The van der Waals surface area contributed by atoms with Crippen molar-refractivity contribution in [3.05, 3.63) is 66.4 Å². The minimum absolute atomic E-state index is 0.